The van der Waals surface area contributed by atoms with Crippen molar-refractivity contribution in [1.82, 2.24) is 15.0 Å². The minimum atomic E-state index is 0.348. The number of ether oxygens (including phenoxy) is 1. The Morgan fingerprint density at radius 1 is 1.10 bits per heavy atom. The largest absolute Gasteiger partial charge is 0.463 e. The van der Waals surface area contributed by atoms with Crippen molar-refractivity contribution in [2.24, 2.45) is 0 Å². The Bertz CT molecular complexity index is 379. The summed E-state index contributed by atoms with van der Waals surface area (Å²) in [4.78, 5) is 13.0. The molecule has 1 rings (SSSR count). The summed E-state index contributed by atoms with van der Waals surface area (Å²) in [6.45, 7) is 7.76. The van der Waals surface area contributed by atoms with Crippen molar-refractivity contribution >= 4 is 23.7 Å². The van der Waals surface area contributed by atoms with Crippen LogP contribution in [0.25, 0.3) is 0 Å². The van der Waals surface area contributed by atoms with Crippen molar-refractivity contribution in [3.63, 3.8) is 0 Å². The number of aromatic nitrogens is 3. The van der Waals surface area contributed by atoms with Crippen molar-refractivity contribution in [3.8, 4) is 6.01 Å². The molecule has 6 nitrogen and oxygen atoms in total. The molecule has 0 fully saturated rings. The number of anilines is 2. The monoisotopic (exact) mass is 313 g/mol. The quantitative estimate of drug-likeness (QED) is 0.650. The first-order valence-corrected chi connectivity index (χ1v) is 9.01. The fraction of sp³-hybridized carbons (Fsp3) is 0.786. The molecule has 1 aromatic heterocycles. The lowest BCUT2D eigenvalue weighted by molar-refractivity contribution is 0.292. The van der Waals surface area contributed by atoms with E-state index in [1.165, 1.54) is 0 Å². The average Bonchev–Trinajstić information content (AvgIpc) is 2.50. The van der Waals surface area contributed by atoms with Gasteiger partial charge in [0.15, 0.2) is 0 Å². The SMILES string of the molecule is CCCNc1nc(NC(CC)CSC)nc(OCCC)n1. The molecule has 1 atom stereocenters. The van der Waals surface area contributed by atoms with Gasteiger partial charge in [0.2, 0.25) is 11.9 Å². The lowest BCUT2D eigenvalue weighted by atomic mass is 10.3. The van der Waals surface area contributed by atoms with Crippen LogP contribution in [0.5, 0.6) is 6.01 Å². The normalized spacial score (nSPS) is 12.0. The fourth-order valence-corrected chi connectivity index (χ4v) is 2.36. The van der Waals surface area contributed by atoms with Crippen LogP contribution in [0.1, 0.15) is 40.0 Å². The number of hydrogen-bond donors (Lipinski definition) is 2. The van der Waals surface area contributed by atoms with E-state index in [-0.39, 0.29) is 0 Å². The van der Waals surface area contributed by atoms with Crippen molar-refractivity contribution in [1.29, 1.82) is 0 Å². The van der Waals surface area contributed by atoms with E-state index in [1.54, 1.807) is 0 Å². The molecular formula is C14H27N5OS. The van der Waals surface area contributed by atoms with Gasteiger partial charge in [-0.25, -0.2) is 0 Å². The maximum atomic E-state index is 5.54. The average molecular weight is 313 g/mol. The van der Waals surface area contributed by atoms with Crippen LogP contribution < -0.4 is 15.4 Å². The minimum Gasteiger partial charge on any atom is -0.463 e. The Balaban J connectivity index is 2.83. The molecule has 0 radical (unpaired) electrons. The summed E-state index contributed by atoms with van der Waals surface area (Å²) < 4.78 is 5.54. The zero-order valence-corrected chi connectivity index (χ0v) is 14.3. The first kappa shape index (κ1) is 17.8. The highest BCUT2D eigenvalue weighted by Gasteiger charge is 2.11. The van der Waals surface area contributed by atoms with Gasteiger partial charge in [-0.05, 0) is 25.5 Å². The van der Waals surface area contributed by atoms with Crippen LogP contribution in [-0.2, 0) is 0 Å². The van der Waals surface area contributed by atoms with Crippen LogP contribution in [0.2, 0.25) is 0 Å². The lowest BCUT2D eigenvalue weighted by Crippen LogP contribution is -2.23. The standard InChI is InChI=1S/C14H27N5OS/c1-5-8-15-12-17-13(16-11(7-3)10-21-4)19-14(18-12)20-9-6-2/h11H,5-10H2,1-4H3,(H2,15,16,17,18,19). The van der Waals surface area contributed by atoms with Crippen molar-refractivity contribution < 1.29 is 4.74 Å². The van der Waals surface area contributed by atoms with E-state index in [4.69, 9.17) is 4.74 Å². The molecule has 7 heteroatoms. The first-order chi connectivity index (χ1) is 10.2. The van der Waals surface area contributed by atoms with Crippen LogP contribution in [0.3, 0.4) is 0 Å². The Hall–Kier alpha value is -1.24. The molecule has 120 valence electrons. The molecule has 0 aliphatic carbocycles. The molecule has 1 heterocycles. The van der Waals surface area contributed by atoms with Gasteiger partial charge in [-0.1, -0.05) is 20.8 Å². The second kappa shape index (κ2) is 10.5. The molecule has 0 saturated carbocycles. The van der Waals surface area contributed by atoms with Gasteiger partial charge < -0.3 is 15.4 Å². The second-order valence-corrected chi connectivity index (χ2v) is 5.66. The Morgan fingerprint density at radius 3 is 2.48 bits per heavy atom. The molecule has 1 aromatic rings. The highest BCUT2D eigenvalue weighted by atomic mass is 32.2. The van der Waals surface area contributed by atoms with Gasteiger partial charge in [0, 0.05) is 18.3 Å². The van der Waals surface area contributed by atoms with Gasteiger partial charge in [0.1, 0.15) is 0 Å². The van der Waals surface area contributed by atoms with Gasteiger partial charge in [-0.3, -0.25) is 0 Å². The van der Waals surface area contributed by atoms with Crippen LogP contribution in [0, 0.1) is 0 Å². The maximum absolute atomic E-state index is 5.54. The van der Waals surface area contributed by atoms with E-state index in [0.717, 1.165) is 31.6 Å². The first-order valence-electron chi connectivity index (χ1n) is 7.61. The summed E-state index contributed by atoms with van der Waals surface area (Å²) >= 11 is 1.81. The molecule has 0 saturated heterocycles. The summed E-state index contributed by atoms with van der Waals surface area (Å²) in [6.07, 6.45) is 5.07. The molecular weight excluding hydrogens is 286 g/mol. The van der Waals surface area contributed by atoms with Gasteiger partial charge in [-0.15, -0.1) is 0 Å². The summed E-state index contributed by atoms with van der Waals surface area (Å²) in [6, 6.07) is 0.729. The Morgan fingerprint density at radius 2 is 1.86 bits per heavy atom. The van der Waals surface area contributed by atoms with Gasteiger partial charge in [0.25, 0.3) is 0 Å². The highest BCUT2D eigenvalue weighted by molar-refractivity contribution is 7.98. The van der Waals surface area contributed by atoms with E-state index in [9.17, 15) is 0 Å². The third-order valence-corrected chi connectivity index (χ3v) is 3.51. The third-order valence-electron chi connectivity index (χ3n) is 2.78. The van der Waals surface area contributed by atoms with Crippen molar-refractivity contribution in [3.05, 3.63) is 0 Å². The molecule has 0 bridgehead atoms. The third kappa shape index (κ3) is 6.84. The number of hydrogen-bond acceptors (Lipinski definition) is 7. The lowest BCUT2D eigenvalue weighted by Gasteiger charge is -2.16. The van der Waals surface area contributed by atoms with Crippen LogP contribution in [0.4, 0.5) is 11.9 Å². The van der Waals surface area contributed by atoms with Crippen molar-refractivity contribution in [2.45, 2.75) is 46.1 Å². The van der Waals surface area contributed by atoms with Crippen LogP contribution >= 0.6 is 11.8 Å². The van der Waals surface area contributed by atoms with Crippen molar-refractivity contribution in [2.75, 3.05) is 35.8 Å². The predicted molar refractivity (Wildman–Crippen MR) is 90.5 cm³/mol. The number of rotatable bonds is 11. The molecule has 1 unspecified atom stereocenters. The van der Waals surface area contributed by atoms with E-state index >= 15 is 0 Å². The topological polar surface area (TPSA) is 72.0 Å². The zero-order chi connectivity index (χ0) is 15.5. The predicted octanol–water partition coefficient (Wildman–Crippen LogP) is 3.04. The molecule has 0 aliphatic rings. The fourth-order valence-electron chi connectivity index (χ4n) is 1.64. The van der Waals surface area contributed by atoms with Crippen LogP contribution in [-0.4, -0.2) is 46.2 Å². The number of nitrogens with zero attached hydrogens (tertiary/aromatic N) is 3. The van der Waals surface area contributed by atoms with Gasteiger partial charge >= 0.3 is 6.01 Å². The molecule has 0 amide bonds. The van der Waals surface area contributed by atoms with Crippen LogP contribution in [0.15, 0.2) is 0 Å². The van der Waals surface area contributed by atoms with E-state index in [2.05, 4.69) is 52.6 Å². The smallest absolute Gasteiger partial charge is 0.323 e. The maximum Gasteiger partial charge on any atom is 0.323 e. The summed E-state index contributed by atoms with van der Waals surface area (Å²) in [7, 11) is 0. The van der Waals surface area contributed by atoms with E-state index in [1.807, 2.05) is 11.8 Å². The molecule has 2 N–H and O–H groups in total. The molecule has 0 spiro atoms. The van der Waals surface area contributed by atoms with Gasteiger partial charge in [0.05, 0.1) is 6.61 Å². The Labute approximate surface area is 131 Å². The highest BCUT2D eigenvalue weighted by Crippen LogP contribution is 2.14. The molecule has 0 aromatic carbocycles. The molecule has 0 aliphatic heterocycles. The second-order valence-electron chi connectivity index (χ2n) is 4.75. The Kier molecular flexibility index (Phi) is 8.89. The van der Waals surface area contributed by atoms with Gasteiger partial charge in [-0.2, -0.15) is 26.7 Å². The molecule has 21 heavy (non-hydrogen) atoms. The number of thioether (sulfide) groups is 1. The zero-order valence-electron chi connectivity index (χ0n) is 13.5. The van der Waals surface area contributed by atoms with E-state index in [0.29, 0.717) is 30.6 Å². The minimum absolute atomic E-state index is 0.348. The summed E-state index contributed by atoms with van der Waals surface area (Å²) in [5.74, 6) is 2.17. The number of nitrogens with one attached hydrogen (secondary N) is 2. The summed E-state index contributed by atoms with van der Waals surface area (Å²) in [5.41, 5.74) is 0. The summed E-state index contributed by atoms with van der Waals surface area (Å²) in [5, 5.41) is 6.55. The van der Waals surface area contributed by atoms with E-state index < -0.39 is 0 Å².